The number of methoxy groups -OCH3 is 3. The van der Waals surface area contributed by atoms with Gasteiger partial charge in [0.05, 0.1) is 27.0 Å². The lowest BCUT2D eigenvalue weighted by Crippen LogP contribution is -2.14. The highest BCUT2D eigenvalue weighted by Crippen LogP contribution is 2.40. The fourth-order valence-electron chi connectivity index (χ4n) is 3.91. The van der Waals surface area contributed by atoms with Gasteiger partial charge in [-0.05, 0) is 58.9 Å². The van der Waals surface area contributed by atoms with E-state index in [0.717, 1.165) is 46.2 Å². The fraction of sp³-hybridized carbons (Fsp3) is 0.321. The van der Waals surface area contributed by atoms with Crippen LogP contribution in [-0.4, -0.2) is 32.9 Å². The van der Waals surface area contributed by atoms with Crippen LogP contribution in [0, 0.1) is 5.82 Å². The Balaban J connectivity index is 2.20. The molecule has 0 saturated heterocycles. The van der Waals surface area contributed by atoms with E-state index in [0.29, 0.717) is 23.7 Å². The van der Waals surface area contributed by atoms with Gasteiger partial charge in [0.25, 0.3) is 0 Å². The molecule has 0 amide bonds. The number of hydrogen-bond acceptors (Lipinski definition) is 5. The molecule has 0 atom stereocenters. The Hall–Kier alpha value is -3.38. The van der Waals surface area contributed by atoms with Gasteiger partial charge in [-0.15, -0.1) is 0 Å². The van der Waals surface area contributed by atoms with Crippen molar-refractivity contribution in [3.05, 3.63) is 70.7 Å². The molecule has 0 fully saturated rings. The molecule has 1 heterocycles. The second kappa shape index (κ2) is 10.7. The Bertz CT molecular complexity index is 1180. The third-order valence-electron chi connectivity index (χ3n) is 5.64. The summed E-state index contributed by atoms with van der Waals surface area (Å²) in [5, 5.41) is 0. The number of nitrogens with zero attached hydrogens (tertiary/aromatic N) is 1. The molecule has 3 aromatic rings. The SMILES string of the molecule is COCCc1cc(N)ccc1/C=C/c1cc(-c2cc(F)cnc2OC)cc(C(C)(C)C)c1OC. The number of hydrogen-bond donors (Lipinski definition) is 1. The predicted octanol–water partition coefficient (Wildman–Crippen LogP) is 6.14. The van der Waals surface area contributed by atoms with Crippen molar-refractivity contribution in [2.75, 3.05) is 33.7 Å². The first kappa shape index (κ1) is 25.2. The van der Waals surface area contributed by atoms with Crippen molar-refractivity contribution in [2.45, 2.75) is 32.6 Å². The maximum atomic E-state index is 14.1. The molecule has 0 unspecified atom stereocenters. The molecule has 180 valence electrons. The van der Waals surface area contributed by atoms with Crippen LogP contribution in [0.1, 0.15) is 43.0 Å². The van der Waals surface area contributed by atoms with Crippen molar-refractivity contribution in [1.29, 1.82) is 0 Å². The topological polar surface area (TPSA) is 66.6 Å². The van der Waals surface area contributed by atoms with Gasteiger partial charge < -0.3 is 19.9 Å². The summed E-state index contributed by atoms with van der Waals surface area (Å²) in [4.78, 5) is 4.11. The fourth-order valence-corrected chi connectivity index (χ4v) is 3.91. The van der Waals surface area contributed by atoms with Gasteiger partial charge in [-0.1, -0.05) is 39.0 Å². The number of halogens is 1. The van der Waals surface area contributed by atoms with E-state index in [4.69, 9.17) is 19.9 Å². The molecule has 0 aliphatic carbocycles. The van der Waals surface area contributed by atoms with Gasteiger partial charge in [0, 0.05) is 29.5 Å². The van der Waals surface area contributed by atoms with E-state index in [1.54, 1.807) is 14.2 Å². The number of nitrogen functional groups attached to an aromatic ring is 1. The van der Waals surface area contributed by atoms with E-state index < -0.39 is 5.82 Å². The average Bonchev–Trinajstić information content (AvgIpc) is 2.80. The highest BCUT2D eigenvalue weighted by molar-refractivity contribution is 5.81. The maximum Gasteiger partial charge on any atom is 0.221 e. The van der Waals surface area contributed by atoms with E-state index in [1.165, 1.54) is 13.2 Å². The van der Waals surface area contributed by atoms with Gasteiger partial charge in [0.1, 0.15) is 11.6 Å². The van der Waals surface area contributed by atoms with Gasteiger partial charge in [-0.3, -0.25) is 0 Å². The highest BCUT2D eigenvalue weighted by atomic mass is 19.1. The number of ether oxygens (including phenoxy) is 3. The van der Waals surface area contributed by atoms with Crippen molar-refractivity contribution in [3.8, 4) is 22.8 Å². The Labute approximate surface area is 201 Å². The second-order valence-electron chi connectivity index (χ2n) is 9.14. The summed E-state index contributed by atoms with van der Waals surface area (Å²) in [5.41, 5.74) is 11.9. The summed E-state index contributed by atoms with van der Waals surface area (Å²) < 4.78 is 30.7. The minimum Gasteiger partial charge on any atom is -0.496 e. The normalized spacial score (nSPS) is 11.7. The molecular weight excluding hydrogens is 431 g/mol. The van der Waals surface area contributed by atoms with Crippen LogP contribution < -0.4 is 15.2 Å². The summed E-state index contributed by atoms with van der Waals surface area (Å²) in [5.74, 6) is 0.706. The molecule has 6 heteroatoms. The minimum atomic E-state index is -0.425. The number of pyridine rings is 1. The summed E-state index contributed by atoms with van der Waals surface area (Å²) in [6.45, 7) is 6.95. The number of anilines is 1. The van der Waals surface area contributed by atoms with Crippen molar-refractivity contribution in [3.63, 3.8) is 0 Å². The first-order chi connectivity index (χ1) is 16.2. The highest BCUT2D eigenvalue weighted by Gasteiger charge is 2.23. The van der Waals surface area contributed by atoms with E-state index >= 15 is 0 Å². The Morgan fingerprint density at radius 3 is 2.35 bits per heavy atom. The lowest BCUT2D eigenvalue weighted by atomic mass is 9.83. The van der Waals surface area contributed by atoms with Crippen molar-refractivity contribution in [2.24, 2.45) is 0 Å². The van der Waals surface area contributed by atoms with Crippen LogP contribution >= 0.6 is 0 Å². The van der Waals surface area contributed by atoms with Crippen LogP contribution in [0.25, 0.3) is 23.3 Å². The molecule has 0 aliphatic rings. The standard InChI is InChI=1S/C28H33FN2O3/c1-28(2,3)25-15-21(24-16-22(29)17-31-27(24)34-6)13-20(26(25)33-5)8-7-18-9-10-23(30)14-19(18)11-12-32-4/h7-10,13-17H,11-12,30H2,1-6H3/b8-7+. The second-order valence-corrected chi connectivity index (χ2v) is 9.14. The van der Waals surface area contributed by atoms with E-state index in [9.17, 15) is 4.39 Å². The third-order valence-corrected chi connectivity index (χ3v) is 5.64. The predicted molar refractivity (Wildman–Crippen MR) is 137 cm³/mol. The van der Waals surface area contributed by atoms with Gasteiger partial charge >= 0.3 is 0 Å². The molecule has 3 rings (SSSR count). The molecular formula is C28H33FN2O3. The molecule has 0 aliphatic heterocycles. The molecule has 0 spiro atoms. The van der Waals surface area contributed by atoms with Crippen molar-refractivity contribution in [1.82, 2.24) is 4.98 Å². The van der Waals surface area contributed by atoms with Crippen LogP contribution in [0.2, 0.25) is 0 Å². The lowest BCUT2D eigenvalue weighted by Gasteiger charge is -2.25. The Morgan fingerprint density at radius 2 is 1.71 bits per heavy atom. The molecule has 34 heavy (non-hydrogen) atoms. The number of benzene rings is 2. The van der Waals surface area contributed by atoms with Crippen LogP contribution in [0.4, 0.5) is 10.1 Å². The zero-order valence-electron chi connectivity index (χ0n) is 20.7. The first-order valence-electron chi connectivity index (χ1n) is 11.2. The number of aromatic nitrogens is 1. The molecule has 2 N–H and O–H groups in total. The molecule has 5 nitrogen and oxygen atoms in total. The Morgan fingerprint density at radius 1 is 0.971 bits per heavy atom. The van der Waals surface area contributed by atoms with E-state index in [2.05, 4.69) is 25.8 Å². The van der Waals surface area contributed by atoms with Crippen LogP contribution in [-0.2, 0) is 16.6 Å². The molecule has 0 radical (unpaired) electrons. The molecule has 1 aromatic heterocycles. The van der Waals surface area contributed by atoms with Gasteiger partial charge in [0.15, 0.2) is 0 Å². The average molecular weight is 465 g/mol. The largest absolute Gasteiger partial charge is 0.496 e. The molecule has 0 saturated carbocycles. The van der Waals surface area contributed by atoms with Crippen LogP contribution in [0.5, 0.6) is 11.6 Å². The smallest absolute Gasteiger partial charge is 0.221 e. The molecule has 0 bridgehead atoms. The van der Waals surface area contributed by atoms with Gasteiger partial charge in [-0.2, -0.15) is 0 Å². The summed E-state index contributed by atoms with van der Waals surface area (Å²) in [6.07, 6.45) is 5.95. The summed E-state index contributed by atoms with van der Waals surface area (Å²) in [6, 6.07) is 11.3. The van der Waals surface area contributed by atoms with E-state index in [1.807, 2.05) is 42.5 Å². The maximum absolute atomic E-state index is 14.1. The van der Waals surface area contributed by atoms with Crippen LogP contribution in [0.15, 0.2) is 42.6 Å². The number of rotatable bonds is 8. The summed E-state index contributed by atoms with van der Waals surface area (Å²) >= 11 is 0. The van der Waals surface area contributed by atoms with Crippen molar-refractivity contribution >= 4 is 17.8 Å². The van der Waals surface area contributed by atoms with Gasteiger partial charge in [0.2, 0.25) is 5.88 Å². The third kappa shape index (κ3) is 5.75. The zero-order valence-corrected chi connectivity index (χ0v) is 20.7. The number of nitrogens with two attached hydrogens (primary N) is 1. The first-order valence-corrected chi connectivity index (χ1v) is 11.2. The van der Waals surface area contributed by atoms with Gasteiger partial charge in [-0.25, -0.2) is 9.37 Å². The zero-order chi connectivity index (χ0) is 24.9. The summed E-state index contributed by atoms with van der Waals surface area (Å²) in [7, 11) is 4.88. The molecule has 2 aromatic carbocycles. The van der Waals surface area contributed by atoms with Crippen LogP contribution in [0.3, 0.4) is 0 Å². The lowest BCUT2D eigenvalue weighted by molar-refractivity contribution is 0.202. The van der Waals surface area contributed by atoms with E-state index in [-0.39, 0.29) is 5.41 Å². The quantitative estimate of drug-likeness (QED) is 0.320. The minimum absolute atomic E-state index is 0.219. The van der Waals surface area contributed by atoms with Crippen molar-refractivity contribution < 1.29 is 18.6 Å². The monoisotopic (exact) mass is 464 g/mol. The Kier molecular flexibility index (Phi) is 7.94.